The monoisotopic (exact) mass is 287 g/mol. The minimum Gasteiger partial charge on any atom is -0.503 e. The van der Waals surface area contributed by atoms with E-state index >= 15 is 0 Å². The van der Waals surface area contributed by atoms with Crippen LogP contribution in [-0.2, 0) is 11.2 Å². The summed E-state index contributed by atoms with van der Waals surface area (Å²) in [6.07, 6.45) is -9.17. The van der Waals surface area contributed by atoms with Crippen LogP contribution < -0.4 is 4.74 Å². The normalized spacial score (nSPS) is 11.7. The number of nitrogens with zero attached hydrogens (tertiary/aromatic N) is 1. The predicted molar refractivity (Wildman–Crippen MR) is 48.9 cm³/mol. The molecule has 1 aromatic rings. The molecule has 2 N–H and O–H groups in total. The summed E-state index contributed by atoms with van der Waals surface area (Å²) in [6.45, 7) is 0. The Hall–Kier alpha value is -2.13. The van der Waals surface area contributed by atoms with Gasteiger partial charge in [-0.1, -0.05) is 0 Å². The lowest BCUT2D eigenvalue weighted by atomic mass is 10.1. The van der Waals surface area contributed by atoms with Crippen molar-refractivity contribution in [1.82, 2.24) is 4.98 Å². The minimum atomic E-state index is -5.20. The molecule has 1 heterocycles. The number of aromatic nitrogens is 1. The number of pyridine rings is 1. The number of halogens is 5. The summed E-state index contributed by atoms with van der Waals surface area (Å²) < 4.78 is 64.1. The van der Waals surface area contributed by atoms with E-state index in [1.54, 1.807) is 0 Å². The highest BCUT2D eigenvalue weighted by Gasteiger charge is 2.34. The number of rotatable bonds is 4. The standard InChI is InChI=1S/C9H6F5NO4/c10-7(11)4-2-15-8(19-9(12,13)14)6(18)3(4)1-5(16)17/h2,7,18H,1H2,(H,16,17). The first-order valence-electron chi connectivity index (χ1n) is 4.58. The third-order valence-corrected chi connectivity index (χ3v) is 1.93. The second kappa shape index (κ2) is 5.24. The number of carboxylic acids is 1. The Morgan fingerprint density at radius 2 is 2.00 bits per heavy atom. The Morgan fingerprint density at radius 3 is 2.42 bits per heavy atom. The minimum absolute atomic E-state index is 0.323. The smallest absolute Gasteiger partial charge is 0.503 e. The fraction of sp³-hybridized carbons (Fsp3) is 0.333. The fourth-order valence-corrected chi connectivity index (χ4v) is 1.24. The van der Waals surface area contributed by atoms with Gasteiger partial charge in [0.2, 0.25) is 0 Å². The molecule has 0 saturated heterocycles. The molecule has 5 nitrogen and oxygen atoms in total. The average Bonchev–Trinajstić information content (AvgIpc) is 2.21. The number of ether oxygens (including phenoxy) is 1. The van der Waals surface area contributed by atoms with E-state index in [0.717, 1.165) is 0 Å². The van der Waals surface area contributed by atoms with Crippen molar-refractivity contribution in [1.29, 1.82) is 0 Å². The van der Waals surface area contributed by atoms with Crippen LogP contribution in [0, 0.1) is 0 Å². The van der Waals surface area contributed by atoms with Gasteiger partial charge in [-0.3, -0.25) is 4.79 Å². The van der Waals surface area contributed by atoms with Gasteiger partial charge in [0.1, 0.15) is 0 Å². The molecule has 0 spiro atoms. The molecule has 1 rings (SSSR count). The van der Waals surface area contributed by atoms with Crippen LogP contribution in [0.25, 0.3) is 0 Å². The van der Waals surface area contributed by atoms with E-state index < -0.39 is 47.9 Å². The molecule has 0 bridgehead atoms. The number of hydrogen-bond acceptors (Lipinski definition) is 4. The van der Waals surface area contributed by atoms with E-state index in [9.17, 15) is 31.9 Å². The maximum absolute atomic E-state index is 12.5. The fourth-order valence-electron chi connectivity index (χ4n) is 1.24. The molecular weight excluding hydrogens is 281 g/mol. The highest BCUT2D eigenvalue weighted by Crippen LogP contribution is 2.37. The van der Waals surface area contributed by atoms with Crippen molar-refractivity contribution in [3.8, 4) is 11.6 Å². The van der Waals surface area contributed by atoms with Gasteiger partial charge < -0.3 is 14.9 Å². The van der Waals surface area contributed by atoms with E-state index in [-0.39, 0.29) is 0 Å². The number of alkyl halides is 5. The second-order valence-corrected chi connectivity index (χ2v) is 3.26. The lowest BCUT2D eigenvalue weighted by molar-refractivity contribution is -0.276. The summed E-state index contributed by atoms with van der Waals surface area (Å²) >= 11 is 0. The Morgan fingerprint density at radius 1 is 1.42 bits per heavy atom. The van der Waals surface area contributed by atoms with Crippen LogP contribution in [0.2, 0.25) is 0 Å². The van der Waals surface area contributed by atoms with Gasteiger partial charge >= 0.3 is 12.3 Å². The molecule has 0 aromatic carbocycles. The average molecular weight is 287 g/mol. The third-order valence-electron chi connectivity index (χ3n) is 1.93. The quantitative estimate of drug-likeness (QED) is 0.830. The first kappa shape index (κ1) is 14.9. The molecule has 106 valence electrons. The van der Waals surface area contributed by atoms with Crippen LogP contribution in [0.15, 0.2) is 6.20 Å². The number of carbonyl (C=O) groups is 1. The highest BCUT2D eigenvalue weighted by atomic mass is 19.4. The van der Waals surface area contributed by atoms with Crippen molar-refractivity contribution < 1.29 is 41.7 Å². The van der Waals surface area contributed by atoms with Crippen molar-refractivity contribution >= 4 is 5.97 Å². The molecule has 0 fully saturated rings. The lowest BCUT2D eigenvalue weighted by Crippen LogP contribution is -2.19. The SMILES string of the molecule is O=C(O)Cc1c(C(F)F)cnc(OC(F)(F)F)c1O. The van der Waals surface area contributed by atoms with Gasteiger partial charge in [-0.15, -0.1) is 13.2 Å². The van der Waals surface area contributed by atoms with Crippen LogP contribution in [0.3, 0.4) is 0 Å². The van der Waals surface area contributed by atoms with Crippen molar-refractivity contribution in [2.75, 3.05) is 0 Å². The van der Waals surface area contributed by atoms with E-state index in [0.29, 0.717) is 6.20 Å². The third kappa shape index (κ3) is 3.93. The van der Waals surface area contributed by atoms with Gasteiger partial charge in [0, 0.05) is 17.3 Å². The number of aromatic hydroxyl groups is 1. The zero-order chi connectivity index (χ0) is 14.8. The Bertz CT molecular complexity index is 488. The maximum Gasteiger partial charge on any atom is 0.574 e. The molecule has 19 heavy (non-hydrogen) atoms. The molecule has 0 aliphatic rings. The predicted octanol–water partition coefficient (Wildman–Crippen LogP) is 2.25. The summed E-state index contributed by atoms with van der Waals surface area (Å²) in [4.78, 5) is 13.3. The summed E-state index contributed by atoms with van der Waals surface area (Å²) in [5.74, 6) is -4.37. The topological polar surface area (TPSA) is 79.7 Å². The summed E-state index contributed by atoms with van der Waals surface area (Å²) in [5, 5.41) is 17.8. The lowest BCUT2D eigenvalue weighted by Gasteiger charge is -2.13. The maximum atomic E-state index is 12.5. The first-order valence-corrected chi connectivity index (χ1v) is 4.58. The Balaban J connectivity index is 3.29. The van der Waals surface area contributed by atoms with Gasteiger partial charge in [-0.2, -0.15) is 0 Å². The molecular formula is C9H6F5NO4. The van der Waals surface area contributed by atoms with E-state index in [1.807, 2.05) is 0 Å². The molecule has 0 aliphatic carbocycles. The second-order valence-electron chi connectivity index (χ2n) is 3.26. The molecule has 1 aromatic heterocycles. The van der Waals surface area contributed by atoms with E-state index in [2.05, 4.69) is 9.72 Å². The zero-order valence-electron chi connectivity index (χ0n) is 8.91. The molecule has 0 unspecified atom stereocenters. The van der Waals surface area contributed by atoms with Gasteiger partial charge in [0.15, 0.2) is 5.75 Å². The highest BCUT2D eigenvalue weighted by molar-refractivity contribution is 5.72. The molecule has 0 saturated carbocycles. The van der Waals surface area contributed by atoms with Crippen LogP contribution >= 0.6 is 0 Å². The molecule has 0 amide bonds. The van der Waals surface area contributed by atoms with Crippen LogP contribution in [0.5, 0.6) is 11.6 Å². The summed E-state index contributed by atoms with van der Waals surface area (Å²) in [7, 11) is 0. The molecule has 0 radical (unpaired) electrons. The Labute approximate surface area is 102 Å². The van der Waals surface area contributed by atoms with Crippen molar-refractivity contribution in [3.05, 3.63) is 17.3 Å². The summed E-state index contributed by atoms with van der Waals surface area (Å²) in [6, 6.07) is 0. The largest absolute Gasteiger partial charge is 0.574 e. The van der Waals surface area contributed by atoms with Gasteiger partial charge in [-0.05, 0) is 0 Å². The van der Waals surface area contributed by atoms with Gasteiger partial charge in [-0.25, -0.2) is 13.8 Å². The molecule has 0 aliphatic heterocycles. The Kier molecular flexibility index (Phi) is 4.12. The van der Waals surface area contributed by atoms with Crippen molar-refractivity contribution in [2.24, 2.45) is 0 Å². The number of aliphatic carboxylic acids is 1. The van der Waals surface area contributed by atoms with Gasteiger partial charge in [0.25, 0.3) is 12.3 Å². The molecule has 10 heteroatoms. The van der Waals surface area contributed by atoms with Crippen LogP contribution in [-0.4, -0.2) is 27.5 Å². The summed E-state index contributed by atoms with van der Waals surface area (Å²) in [5.41, 5.74) is -1.86. The number of hydrogen-bond donors (Lipinski definition) is 2. The van der Waals surface area contributed by atoms with E-state index in [4.69, 9.17) is 5.11 Å². The number of carboxylic acid groups (broad SMARTS) is 1. The van der Waals surface area contributed by atoms with E-state index in [1.165, 1.54) is 0 Å². The van der Waals surface area contributed by atoms with Crippen LogP contribution in [0.1, 0.15) is 17.6 Å². The van der Waals surface area contributed by atoms with Crippen molar-refractivity contribution in [3.63, 3.8) is 0 Å². The molecule has 0 atom stereocenters. The van der Waals surface area contributed by atoms with Crippen LogP contribution in [0.4, 0.5) is 22.0 Å². The van der Waals surface area contributed by atoms with Crippen molar-refractivity contribution in [2.45, 2.75) is 19.2 Å². The first-order chi connectivity index (χ1) is 8.61. The zero-order valence-corrected chi connectivity index (χ0v) is 8.91. The van der Waals surface area contributed by atoms with Gasteiger partial charge in [0.05, 0.1) is 6.42 Å².